The van der Waals surface area contributed by atoms with Gasteiger partial charge in [0, 0.05) is 12.4 Å². The molecular formula is C12H9F3N2OS. The summed E-state index contributed by atoms with van der Waals surface area (Å²) in [5, 5.41) is 1.76. The Hall–Kier alpha value is -1.89. The van der Waals surface area contributed by atoms with E-state index >= 15 is 0 Å². The Balaban J connectivity index is 2.11. The Morgan fingerprint density at radius 2 is 2.26 bits per heavy atom. The minimum absolute atomic E-state index is 0.0993. The van der Waals surface area contributed by atoms with Gasteiger partial charge in [-0.3, -0.25) is 4.79 Å². The Bertz CT molecular complexity index is 584. The van der Waals surface area contributed by atoms with Gasteiger partial charge < -0.3 is 4.57 Å². The smallest absolute Gasteiger partial charge is 0.322 e. The van der Waals surface area contributed by atoms with Gasteiger partial charge in [-0.15, -0.1) is 11.3 Å². The van der Waals surface area contributed by atoms with Crippen molar-refractivity contribution in [2.45, 2.75) is 12.7 Å². The number of hydrogen-bond donors (Lipinski definition) is 0. The Labute approximate surface area is 111 Å². The van der Waals surface area contributed by atoms with Crippen LogP contribution in [0.4, 0.5) is 13.2 Å². The maximum atomic E-state index is 12.3. The zero-order valence-corrected chi connectivity index (χ0v) is 10.4. The molecule has 0 spiro atoms. The fraction of sp³-hybridized carbons (Fsp3) is 0.167. The van der Waals surface area contributed by atoms with E-state index in [1.165, 1.54) is 35.9 Å². The van der Waals surface area contributed by atoms with Gasteiger partial charge in [-0.05, 0) is 23.6 Å². The fourth-order valence-corrected chi connectivity index (χ4v) is 2.10. The maximum absolute atomic E-state index is 12.3. The normalized spacial score (nSPS) is 12.2. The Morgan fingerprint density at radius 3 is 2.89 bits per heavy atom. The van der Waals surface area contributed by atoms with Gasteiger partial charge in [-0.1, -0.05) is 6.07 Å². The molecule has 0 saturated heterocycles. The molecule has 0 aliphatic heterocycles. The fourth-order valence-electron chi connectivity index (χ4n) is 1.46. The quantitative estimate of drug-likeness (QED) is 0.637. The minimum atomic E-state index is -4.32. The van der Waals surface area contributed by atoms with Crippen molar-refractivity contribution in [2.24, 2.45) is 0 Å². The molecule has 0 fully saturated rings. The Morgan fingerprint density at radius 1 is 1.47 bits per heavy atom. The van der Waals surface area contributed by atoms with Crippen LogP contribution in [0.1, 0.15) is 15.5 Å². The zero-order valence-electron chi connectivity index (χ0n) is 9.59. The third-order valence-electron chi connectivity index (χ3n) is 2.25. The highest BCUT2D eigenvalue weighted by atomic mass is 32.1. The topological polar surface area (TPSA) is 34.9 Å². The molecule has 2 rings (SSSR count). The van der Waals surface area contributed by atoms with E-state index in [4.69, 9.17) is 0 Å². The van der Waals surface area contributed by atoms with Crippen LogP contribution in [-0.2, 0) is 6.54 Å². The summed E-state index contributed by atoms with van der Waals surface area (Å²) in [5.41, 5.74) is 0. The average molecular weight is 286 g/mol. The molecule has 0 amide bonds. The highest BCUT2D eigenvalue weighted by Crippen LogP contribution is 2.19. The second-order valence-corrected chi connectivity index (χ2v) is 4.65. The van der Waals surface area contributed by atoms with Crippen LogP contribution in [0.15, 0.2) is 36.0 Å². The predicted octanol–water partition coefficient (Wildman–Crippen LogP) is 3.40. The van der Waals surface area contributed by atoms with Gasteiger partial charge in [-0.2, -0.15) is 13.2 Å². The lowest BCUT2D eigenvalue weighted by atomic mass is 10.3. The molecule has 19 heavy (non-hydrogen) atoms. The second kappa shape index (κ2) is 5.40. The lowest BCUT2D eigenvalue weighted by molar-refractivity contribution is -0.140. The first-order chi connectivity index (χ1) is 8.96. The van der Waals surface area contributed by atoms with E-state index in [0.29, 0.717) is 4.88 Å². The third-order valence-corrected chi connectivity index (χ3v) is 3.13. The first-order valence-electron chi connectivity index (χ1n) is 5.29. The van der Waals surface area contributed by atoms with Gasteiger partial charge >= 0.3 is 6.18 Å². The van der Waals surface area contributed by atoms with Crippen molar-refractivity contribution >= 4 is 23.2 Å². The summed E-state index contributed by atoms with van der Waals surface area (Å²) in [6.45, 7) is -1.13. The maximum Gasteiger partial charge on any atom is 0.406 e. The summed E-state index contributed by atoms with van der Waals surface area (Å²) >= 11 is 1.27. The average Bonchev–Trinajstić information content (AvgIpc) is 2.94. The first kappa shape index (κ1) is 13.5. The van der Waals surface area contributed by atoms with Crippen LogP contribution >= 0.6 is 11.3 Å². The van der Waals surface area contributed by atoms with Crippen molar-refractivity contribution in [3.63, 3.8) is 0 Å². The van der Waals surface area contributed by atoms with E-state index < -0.39 is 12.7 Å². The number of alkyl halides is 3. The predicted molar refractivity (Wildman–Crippen MR) is 66.0 cm³/mol. The molecule has 0 unspecified atom stereocenters. The highest BCUT2D eigenvalue weighted by molar-refractivity contribution is 7.12. The molecule has 3 nitrogen and oxygen atoms in total. The number of allylic oxidation sites excluding steroid dienone is 1. The van der Waals surface area contributed by atoms with Crippen molar-refractivity contribution in [3.8, 4) is 0 Å². The van der Waals surface area contributed by atoms with Crippen LogP contribution in [0.3, 0.4) is 0 Å². The highest BCUT2D eigenvalue weighted by Gasteiger charge is 2.28. The molecule has 2 aromatic rings. The zero-order chi connectivity index (χ0) is 13.9. The number of thiophene rings is 1. The third kappa shape index (κ3) is 3.78. The van der Waals surface area contributed by atoms with Crippen LogP contribution in [0, 0.1) is 0 Å². The second-order valence-electron chi connectivity index (χ2n) is 3.70. The lowest BCUT2D eigenvalue weighted by Crippen LogP contribution is -2.18. The molecule has 2 heterocycles. The van der Waals surface area contributed by atoms with Crippen LogP contribution in [0.25, 0.3) is 6.08 Å². The molecular weight excluding hydrogens is 277 g/mol. The summed E-state index contributed by atoms with van der Waals surface area (Å²) in [5.74, 6) is -0.154. The van der Waals surface area contributed by atoms with E-state index in [-0.39, 0.29) is 11.6 Å². The number of halogens is 3. The number of carbonyl (C=O) groups is 1. The number of aromatic nitrogens is 2. The molecule has 7 heteroatoms. The van der Waals surface area contributed by atoms with E-state index in [0.717, 1.165) is 4.57 Å². The van der Waals surface area contributed by atoms with Crippen LogP contribution in [0.2, 0.25) is 0 Å². The summed E-state index contributed by atoms with van der Waals surface area (Å²) in [6, 6.07) is 3.38. The molecule has 0 aromatic carbocycles. The number of carbonyl (C=O) groups excluding carboxylic acids is 1. The lowest BCUT2D eigenvalue weighted by Gasteiger charge is -2.08. The van der Waals surface area contributed by atoms with Gasteiger partial charge in [0.2, 0.25) is 0 Å². The molecule has 0 N–H and O–H groups in total. The van der Waals surface area contributed by atoms with Gasteiger partial charge in [0.15, 0.2) is 5.78 Å². The number of ketones is 1. The van der Waals surface area contributed by atoms with E-state index in [9.17, 15) is 18.0 Å². The molecule has 0 saturated carbocycles. The monoisotopic (exact) mass is 286 g/mol. The molecule has 0 radical (unpaired) electrons. The van der Waals surface area contributed by atoms with E-state index in [1.54, 1.807) is 17.5 Å². The standard InChI is InChI=1S/C12H9F3N2OS/c13-12(14,15)8-17-6-5-16-11(17)4-3-9(18)10-2-1-7-19-10/h1-7H,8H2. The number of hydrogen-bond acceptors (Lipinski definition) is 3. The van der Waals surface area contributed by atoms with Crippen LogP contribution in [0.5, 0.6) is 0 Å². The summed E-state index contributed by atoms with van der Waals surface area (Å²) in [6.07, 6.45) is 0.680. The molecule has 100 valence electrons. The minimum Gasteiger partial charge on any atom is -0.322 e. The largest absolute Gasteiger partial charge is 0.406 e. The van der Waals surface area contributed by atoms with Crippen molar-refractivity contribution in [1.29, 1.82) is 0 Å². The van der Waals surface area contributed by atoms with E-state index in [2.05, 4.69) is 4.98 Å². The van der Waals surface area contributed by atoms with Gasteiger partial charge in [-0.25, -0.2) is 4.98 Å². The number of imidazole rings is 1. The molecule has 2 aromatic heterocycles. The van der Waals surface area contributed by atoms with Crippen molar-refractivity contribution < 1.29 is 18.0 Å². The van der Waals surface area contributed by atoms with Crippen molar-refractivity contribution in [1.82, 2.24) is 9.55 Å². The Kier molecular flexibility index (Phi) is 3.84. The van der Waals surface area contributed by atoms with Gasteiger partial charge in [0.05, 0.1) is 4.88 Å². The van der Waals surface area contributed by atoms with Crippen LogP contribution in [-0.4, -0.2) is 21.5 Å². The number of rotatable bonds is 4. The summed E-state index contributed by atoms with van der Waals surface area (Å²) in [4.78, 5) is 16.0. The molecule has 0 aliphatic rings. The molecule has 0 atom stereocenters. The van der Waals surface area contributed by atoms with Gasteiger partial charge in [0.1, 0.15) is 12.4 Å². The molecule has 0 aliphatic carbocycles. The molecule has 0 bridgehead atoms. The van der Waals surface area contributed by atoms with Crippen LogP contribution < -0.4 is 0 Å². The number of nitrogens with zero attached hydrogens (tertiary/aromatic N) is 2. The van der Waals surface area contributed by atoms with Crippen molar-refractivity contribution in [3.05, 3.63) is 46.7 Å². The van der Waals surface area contributed by atoms with E-state index in [1.807, 2.05) is 0 Å². The summed E-state index contributed by atoms with van der Waals surface area (Å²) in [7, 11) is 0. The SMILES string of the molecule is O=C(C=Cc1nccn1CC(F)(F)F)c1cccs1. The van der Waals surface area contributed by atoms with Crippen molar-refractivity contribution in [2.75, 3.05) is 0 Å². The van der Waals surface area contributed by atoms with Gasteiger partial charge in [0.25, 0.3) is 0 Å². The first-order valence-corrected chi connectivity index (χ1v) is 6.17. The summed E-state index contributed by atoms with van der Waals surface area (Å²) < 4.78 is 37.8.